The minimum absolute atomic E-state index is 0.112. The molecule has 0 fully saturated rings. The minimum atomic E-state index is -4.87. The largest absolute Gasteiger partial charge is 0.417 e. The lowest BCUT2D eigenvalue weighted by Gasteiger charge is -2.20. The van der Waals surface area contributed by atoms with Crippen LogP contribution >= 0.6 is 0 Å². The Bertz CT molecular complexity index is 1250. The van der Waals surface area contributed by atoms with Gasteiger partial charge in [0, 0.05) is 22.7 Å². The molecule has 0 aromatic heterocycles. The van der Waals surface area contributed by atoms with E-state index < -0.39 is 34.6 Å². The molecule has 2 nitrogen and oxygen atoms in total. The third-order valence-electron chi connectivity index (χ3n) is 5.62. The molecule has 0 atom stereocenters. The molecule has 0 unspecified atom stereocenters. The zero-order valence-electron chi connectivity index (χ0n) is 19.4. The highest BCUT2D eigenvalue weighted by molar-refractivity contribution is 5.78. The molecule has 0 saturated carbocycles. The Hall–Kier alpha value is -3.94. The van der Waals surface area contributed by atoms with E-state index >= 15 is 0 Å². The zero-order chi connectivity index (χ0) is 26.1. The average molecular weight is 500 g/mol. The maximum absolute atomic E-state index is 14.0. The lowest BCUT2D eigenvalue weighted by atomic mass is 9.93. The van der Waals surface area contributed by atoms with Crippen molar-refractivity contribution >= 4 is 22.7 Å². The number of hydrogen-bond acceptors (Lipinski definition) is 2. The van der Waals surface area contributed by atoms with Crippen molar-refractivity contribution in [1.82, 2.24) is 0 Å². The first-order valence-corrected chi connectivity index (χ1v) is 11.0. The van der Waals surface area contributed by atoms with Gasteiger partial charge >= 0.3 is 12.4 Å². The number of anilines is 4. The van der Waals surface area contributed by atoms with E-state index in [2.05, 4.69) is 10.6 Å². The van der Waals surface area contributed by atoms with Crippen LogP contribution in [-0.4, -0.2) is 0 Å². The van der Waals surface area contributed by atoms with Crippen LogP contribution in [0.2, 0.25) is 0 Å². The van der Waals surface area contributed by atoms with E-state index in [0.717, 1.165) is 35.4 Å². The van der Waals surface area contributed by atoms with E-state index in [0.29, 0.717) is 11.4 Å². The van der Waals surface area contributed by atoms with Crippen molar-refractivity contribution in [2.45, 2.75) is 26.2 Å². The SMILES string of the molecule is Cc1ccc(Nc2ccc(-c3ccc(Nc4ccc(C)cc4)cc3C(F)(F)F)c(C(F)(F)F)c2)cc1. The van der Waals surface area contributed by atoms with E-state index in [-0.39, 0.29) is 11.4 Å². The van der Waals surface area contributed by atoms with Crippen LogP contribution in [0.4, 0.5) is 49.1 Å². The van der Waals surface area contributed by atoms with Gasteiger partial charge in [-0.05, 0) is 73.5 Å². The lowest BCUT2D eigenvalue weighted by molar-refractivity contribution is -0.139. The molecule has 0 heterocycles. The summed E-state index contributed by atoms with van der Waals surface area (Å²) in [5, 5.41) is 5.75. The number of rotatable bonds is 5. The summed E-state index contributed by atoms with van der Waals surface area (Å²) in [5.74, 6) is 0. The summed E-state index contributed by atoms with van der Waals surface area (Å²) < 4.78 is 84.1. The number of hydrogen-bond donors (Lipinski definition) is 2. The van der Waals surface area contributed by atoms with Gasteiger partial charge in [0.05, 0.1) is 11.1 Å². The van der Waals surface area contributed by atoms with Gasteiger partial charge in [0.25, 0.3) is 0 Å². The van der Waals surface area contributed by atoms with Crippen LogP contribution in [0.15, 0.2) is 84.9 Å². The van der Waals surface area contributed by atoms with Crippen LogP contribution in [0.1, 0.15) is 22.3 Å². The molecule has 4 aromatic rings. The average Bonchev–Trinajstić information content (AvgIpc) is 2.81. The Morgan fingerprint density at radius 3 is 1.06 bits per heavy atom. The van der Waals surface area contributed by atoms with Crippen molar-refractivity contribution in [3.8, 4) is 11.1 Å². The molecule has 4 aromatic carbocycles. The first-order chi connectivity index (χ1) is 16.9. The molecule has 0 aliphatic carbocycles. The van der Waals surface area contributed by atoms with E-state index in [1.165, 1.54) is 12.1 Å². The molecular formula is C28H22F6N2. The summed E-state index contributed by atoms with van der Waals surface area (Å²) in [4.78, 5) is 0. The van der Waals surface area contributed by atoms with Crippen LogP contribution in [0, 0.1) is 13.8 Å². The second-order valence-corrected chi connectivity index (χ2v) is 8.50. The van der Waals surface area contributed by atoms with Crippen LogP contribution < -0.4 is 10.6 Å². The van der Waals surface area contributed by atoms with Gasteiger partial charge in [-0.3, -0.25) is 0 Å². The number of nitrogens with one attached hydrogen (secondary N) is 2. The quantitative estimate of drug-likeness (QED) is 0.267. The van der Waals surface area contributed by atoms with Gasteiger partial charge in [-0.15, -0.1) is 0 Å². The Balaban J connectivity index is 1.76. The molecule has 0 aliphatic rings. The normalized spacial score (nSPS) is 11.9. The molecule has 186 valence electrons. The van der Waals surface area contributed by atoms with Crippen molar-refractivity contribution in [1.29, 1.82) is 0 Å². The fourth-order valence-corrected chi connectivity index (χ4v) is 3.79. The Kier molecular flexibility index (Phi) is 6.71. The summed E-state index contributed by atoms with van der Waals surface area (Å²) in [6, 6.07) is 20.5. The zero-order valence-corrected chi connectivity index (χ0v) is 19.4. The molecule has 4 rings (SSSR count). The van der Waals surface area contributed by atoms with Crippen molar-refractivity contribution in [3.05, 3.63) is 107 Å². The van der Waals surface area contributed by atoms with E-state index in [1.54, 1.807) is 48.5 Å². The number of alkyl halides is 6. The molecule has 0 saturated heterocycles. The first kappa shape index (κ1) is 25.2. The maximum atomic E-state index is 14.0. The third kappa shape index (κ3) is 5.82. The third-order valence-corrected chi connectivity index (χ3v) is 5.62. The van der Waals surface area contributed by atoms with Crippen molar-refractivity contribution in [2.24, 2.45) is 0 Å². The van der Waals surface area contributed by atoms with Gasteiger partial charge in [-0.2, -0.15) is 26.3 Å². The first-order valence-electron chi connectivity index (χ1n) is 11.0. The molecule has 0 amide bonds. The van der Waals surface area contributed by atoms with Crippen LogP contribution in [0.5, 0.6) is 0 Å². The summed E-state index contributed by atoms with van der Waals surface area (Å²) >= 11 is 0. The monoisotopic (exact) mass is 500 g/mol. The smallest absolute Gasteiger partial charge is 0.356 e. The highest BCUT2D eigenvalue weighted by atomic mass is 19.4. The molecule has 0 spiro atoms. The van der Waals surface area contributed by atoms with Gasteiger partial charge in [0.15, 0.2) is 0 Å². The van der Waals surface area contributed by atoms with Gasteiger partial charge in [-0.1, -0.05) is 47.5 Å². The van der Waals surface area contributed by atoms with E-state index in [4.69, 9.17) is 0 Å². The minimum Gasteiger partial charge on any atom is -0.356 e. The molecule has 2 N–H and O–H groups in total. The molecular weight excluding hydrogens is 478 g/mol. The predicted molar refractivity (Wildman–Crippen MR) is 131 cm³/mol. The lowest BCUT2D eigenvalue weighted by Crippen LogP contribution is -2.12. The number of halogens is 6. The highest BCUT2D eigenvalue weighted by Crippen LogP contribution is 2.44. The second kappa shape index (κ2) is 9.60. The summed E-state index contributed by atoms with van der Waals surface area (Å²) in [6.45, 7) is 3.75. The Morgan fingerprint density at radius 1 is 0.444 bits per heavy atom. The van der Waals surface area contributed by atoms with Gasteiger partial charge < -0.3 is 10.6 Å². The molecule has 0 bridgehead atoms. The van der Waals surface area contributed by atoms with Crippen molar-refractivity contribution in [3.63, 3.8) is 0 Å². The fraction of sp³-hybridized carbons (Fsp3) is 0.143. The molecule has 0 radical (unpaired) electrons. The van der Waals surface area contributed by atoms with E-state index in [9.17, 15) is 26.3 Å². The van der Waals surface area contributed by atoms with Gasteiger partial charge in [0.2, 0.25) is 0 Å². The topological polar surface area (TPSA) is 24.1 Å². The number of aryl methyl sites for hydroxylation is 2. The summed E-state index contributed by atoms with van der Waals surface area (Å²) in [7, 11) is 0. The van der Waals surface area contributed by atoms with Gasteiger partial charge in [0.1, 0.15) is 0 Å². The maximum Gasteiger partial charge on any atom is 0.417 e. The predicted octanol–water partition coefficient (Wildman–Crippen LogP) is 9.50. The summed E-state index contributed by atoms with van der Waals surface area (Å²) in [6.07, 6.45) is -9.75. The molecule has 0 aliphatic heterocycles. The van der Waals surface area contributed by atoms with Crippen LogP contribution in [-0.2, 0) is 12.4 Å². The molecule has 8 heteroatoms. The molecule has 36 heavy (non-hydrogen) atoms. The van der Waals surface area contributed by atoms with E-state index in [1.807, 2.05) is 13.8 Å². The Labute approximate surface area is 204 Å². The fourth-order valence-electron chi connectivity index (χ4n) is 3.79. The van der Waals surface area contributed by atoms with Gasteiger partial charge in [-0.25, -0.2) is 0 Å². The van der Waals surface area contributed by atoms with Crippen molar-refractivity contribution < 1.29 is 26.3 Å². The highest BCUT2D eigenvalue weighted by Gasteiger charge is 2.38. The van der Waals surface area contributed by atoms with Crippen LogP contribution in [0.3, 0.4) is 0 Å². The Morgan fingerprint density at radius 2 is 0.750 bits per heavy atom. The van der Waals surface area contributed by atoms with Crippen molar-refractivity contribution in [2.75, 3.05) is 10.6 Å². The summed E-state index contributed by atoms with van der Waals surface area (Å²) in [5.41, 5.74) is -0.125. The standard InChI is InChI=1S/C28H22F6N2/c1-17-3-7-19(8-4-17)35-21-11-13-23(25(15-21)27(29,30)31)24-14-12-22(16-26(24)28(32,33)34)36-20-9-5-18(2)6-10-20/h3-16,35-36H,1-2H3. The number of benzene rings is 4. The second-order valence-electron chi connectivity index (χ2n) is 8.50. The van der Waals surface area contributed by atoms with Crippen LogP contribution in [0.25, 0.3) is 11.1 Å².